The molecular formula is C9H16N2O2. The molecule has 0 aromatic rings. The van der Waals surface area contributed by atoms with Gasteiger partial charge in [-0.15, -0.1) is 0 Å². The quantitative estimate of drug-likeness (QED) is 0.484. The Balaban J connectivity index is 2.50. The topological polar surface area (TPSA) is 72.2 Å². The lowest BCUT2D eigenvalue weighted by Gasteiger charge is -2.27. The van der Waals surface area contributed by atoms with Crippen LogP contribution in [0, 0.1) is 5.92 Å². The number of nitrogens with two attached hydrogens (primary N) is 1. The van der Waals surface area contributed by atoms with Gasteiger partial charge in [-0.2, -0.15) is 0 Å². The summed E-state index contributed by atoms with van der Waals surface area (Å²) in [4.78, 5) is 22.1. The summed E-state index contributed by atoms with van der Waals surface area (Å²) in [7, 11) is 0. The SMILES string of the molecule is CC(=O)C(NN)C1CCC(=O)CC1. The molecule has 0 aliphatic heterocycles. The highest BCUT2D eigenvalue weighted by Crippen LogP contribution is 2.24. The number of hydrazine groups is 1. The van der Waals surface area contributed by atoms with Crippen LogP contribution in [-0.4, -0.2) is 17.6 Å². The van der Waals surface area contributed by atoms with Gasteiger partial charge in [0.15, 0.2) is 0 Å². The van der Waals surface area contributed by atoms with E-state index >= 15 is 0 Å². The molecule has 1 aliphatic carbocycles. The van der Waals surface area contributed by atoms with Crippen LogP contribution < -0.4 is 11.3 Å². The first-order valence-corrected chi connectivity index (χ1v) is 4.63. The van der Waals surface area contributed by atoms with Gasteiger partial charge in [0.05, 0.1) is 6.04 Å². The fourth-order valence-electron chi connectivity index (χ4n) is 1.88. The molecule has 4 nitrogen and oxygen atoms in total. The summed E-state index contributed by atoms with van der Waals surface area (Å²) in [6, 6.07) is -0.270. The lowest BCUT2D eigenvalue weighted by Crippen LogP contribution is -2.46. The molecule has 0 saturated heterocycles. The van der Waals surface area contributed by atoms with E-state index in [1.165, 1.54) is 6.92 Å². The predicted molar refractivity (Wildman–Crippen MR) is 48.8 cm³/mol. The first kappa shape index (κ1) is 10.3. The minimum atomic E-state index is -0.270. The van der Waals surface area contributed by atoms with Crippen LogP contribution in [0.1, 0.15) is 32.6 Å². The molecule has 1 atom stereocenters. The van der Waals surface area contributed by atoms with Crippen LogP contribution >= 0.6 is 0 Å². The van der Waals surface area contributed by atoms with E-state index in [0.717, 1.165) is 12.8 Å². The monoisotopic (exact) mass is 184 g/mol. The summed E-state index contributed by atoms with van der Waals surface area (Å²) in [5, 5.41) is 0. The third-order valence-electron chi connectivity index (χ3n) is 2.68. The number of hydrogen-bond donors (Lipinski definition) is 2. The second kappa shape index (κ2) is 4.48. The number of rotatable bonds is 3. The summed E-state index contributed by atoms with van der Waals surface area (Å²) in [5.41, 5.74) is 2.53. The first-order chi connectivity index (χ1) is 6.15. The Bertz CT molecular complexity index is 206. The van der Waals surface area contributed by atoms with Gasteiger partial charge in [0.1, 0.15) is 11.6 Å². The number of Topliss-reactive ketones (excluding diaryl/α,β-unsaturated/α-hetero) is 2. The third kappa shape index (κ3) is 2.60. The van der Waals surface area contributed by atoms with E-state index in [4.69, 9.17) is 5.84 Å². The second-order valence-corrected chi connectivity index (χ2v) is 3.63. The van der Waals surface area contributed by atoms with E-state index in [9.17, 15) is 9.59 Å². The molecule has 4 heteroatoms. The maximum Gasteiger partial charge on any atom is 0.148 e. The van der Waals surface area contributed by atoms with Gasteiger partial charge in [0.2, 0.25) is 0 Å². The van der Waals surface area contributed by atoms with E-state index in [1.807, 2.05) is 0 Å². The van der Waals surface area contributed by atoms with Crippen molar-refractivity contribution < 1.29 is 9.59 Å². The standard InChI is InChI=1S/C9H16N2O2/c1-6(12)9(11-10)7-2-4-8(13)5-3-7/h7,9,11H,2-5,10H2,1H3. The molecule has 0 amide bonds. The van der Waals surface area contributed by atoms with Gasteiger partial charge in [-0.1, -0.05) is 0 Å². The van der Waals surface area contributed by atoms with Gasteiger partial charge >= 0.3 is 0 Å². The number of nitrogens with one attached hydrogen (secondary N) is 1. The molecular weight excluding hydrogens is 168 g/mol. The van der Waals surface area contributed by atoms with Gasteiger partial charge in [0, 0.05) is 12.8 Å². The Morgan fingerprint density at radius 3 is 2.46 bits per heavy atom. The Hall–Kier alpha value is -0.740. The van der Waals surface area contributed by atoms with Crippen LogP contribution in [0.25, 0.3) is 0 Å². The Labute approximate surface area is 77.8 Å². The molecule has 0 aromatic heterocycles. The fraction of sp³-hybridized carbons (Fsp3) is 0.778. The minimum Gasteiger partial charge on any atom is -0.300 e. The zero-order valence-corrected chi connectivity index (χ0v) is 7.88. The normalized spacial score (nSPS) is 21.5. The highest BCUT2D eigenvalue weighted by molar-refractivity contribution is 5.83. The Morgan fingerprint density at radius 1 is 1.54 bits per heavy atom. The van der Waals surface area contributed by atoms with Gasteiger partial charge in [-0.3, -0.25) is 15.4 Å². The Morgan fingerprint density at radius 2 is 2.08 bits per heavy atom. The molecule has 1 fully saturated rings. The average molecular weight is 184 g/mol. The highest BCUT2D eigenvalue weighted by atomic mass is 16.1. The van der Waals surface area contributed by atoms with Gasteiger partial charge < -0.3 is 0 Å². The summed E-state index contributed by atoms with van der Waals surface area (Å²) in [6.07, 6.45) is 2.76. The zero-order valence-electron chi connectivity index (χ0n) is 7.88. The smallest absolute Gasteiger partial charge is 0.148 e. The lowest BCUT2D eigenvalue weighted by atomic mass is 9.82. The summed E-state index contributed by atoms with van der Waals surface area (Å²) < 4.78 is 0. The van der Waals surface area contributed by atoms with E-state index in [0.29, 0.717) is 18.6 Å². The van der Waals surface area contributed by atoms with E-state index in [2.05, 4.69) is 5.43 Å². The maximum absolute atomic E-state index is 11.1. The van der Waals surface area contributed by atoms with Crippen molar-refractivity contribution in [1.29, 1.82) is 0 Å². The van der Waals surface area contributed by atoms with Crippen molar-refractivity contribution in [1.82, 2.24) is 5.43 Å². The van der Waals surface area contributed by atoms with Crippen LogP contribution in [0.15, 0.2) is 0 Å². The molecule has 0 spiro atoms. The van der Waals surface area contributed by atoms with Crippen molar-refractivity contribution in [3.63, 3.8) is 0 Å². The largest absolute Gasteiger partial charge is 0.300 e. The third-order valence-corrected chi connectivity index (χ3v) is 2.68. The van der Waals surface area contributed by atoms with Gasteiger partial charge in [-0.05, 0) is 25.7 Å². The predicted octanol–water partition coefficient (Wildman–Crippen LogP) is 0.167. The van der Waals surface area contributed by atoms with Crippen LogP contribution in [0.3, 0.4) is 0 Å². The number of carbonyl (C=O) groups is 2. The van der Waals surface area contributed by atoms with Crippen molar-refractivity contribution in [2.75, 3.05) is 0 Å². The van der Waals surface area contributed by atoms with E-state index in [1.54, 1.807) is 0 Å². The molecule has 1 saturated carbocycles. The Kier molecular flexibility index (Phi) is 3.57. The van der Waals surface area contributed by atoms with Crippen LogP contribution in [0.5, 0.6) is 0 Å². The lowest BCUT2D eigenvalue weighted by molar-refractivity contribution is -0.124. The zero-order chi connectivity index (χ0) is 9.84. The van der Waals surface area contributed by atoms with Gasteiger partial charge in [-0.25, -0.2) is 5.43 Å². The van der Waals surface area contributed by atoms with Crippen molar-refractivity contribution in [2.45, 2.75) is 38.6 Å². The van der Waals surface area contributed by atoms with Crippen molar-refractivity contribution in [3.05, 3.63) is 0 Å². The van der Waals surface area contributed by atoms with Crippen LogP contribution in [-0.2, 0) is 9.59 Å². The molecule has 74 valence electrons. The molecule has 0 bridgehead atoms. The summed E-state index contributed by atoms with van der Waals surface area (Å²) >= 11 is 0. The first-order valence-electron chi connectivity index (χ1n) is 4.63. The molecule has 0 aromatic carbocycles. The number of hydrogen-bond acceptors (Lipinski definition) is 4. The van der Waals surface area contributed by atoms with E-state index in [-0.39, 0.29) is 17.7 Å². The summed E-state index contributed by atoms with van der Waals surface area (Å²) in [6.45, 7) is 1.53. The minimum absolute atomic E-state index is 0.0573. The second-order valence-electron chi connectivity index (χ2n) is 3.63. The highest BCUT2D eigenvalue weighted by Gasteiger charge is 2.28. The van der Waals surface area contributed by atoms with Gasteiger partial charge in [0.25, 0.3) is 0 Å². The average Bonchev–Trinajstić information content (AvgIpc) is 2.09. The fourth-order valence-corrected chi connectivity index (χ4v) is 1.88. The van der Waals surface area contributed by atoms with Crippen LogP contribution in [0.4, 0.5) is 0 Å². The number of ketones is 2. The number of carbonyl (C=O) groups excluding carboxylic acids is 2. The van der Waals surface area contributed by atoms with Crippen LogP contribution in [0.2, 0.25) is 0 Å². The molecule has 1 rings (SSSR count). The molecule has 1 aliphatic rings. The van der Waals surface area contributed by atoms with Crippen molar-refractivity contribution in [3.8, 4) is 0 Å². The molecule has 0 heterocycles. The van der Waals surface area contributed by atoms with Crippen molar-refractivity contribution >= 4 is 11.6 Å². The maximum atomic E-state index is 11.1. The summed E-state index contributed by atoms with van der Waals surface area (Å²) in [5.74, 6) is 5.88. The molecule has 0 radical (unpaired) electrons. The molecule has 1 unspecified atom stereocenters. The molecule has 3 N–H and O–H groups in total. The van der Waals surface area contributed by atoms with Crippen molar-refractivity contribution in [2.24, 2.45) is 11.8 Å². The molecule has 13 heavy (non-hydrogen) atoms. The van der Waals surface area contributed by atoms with E-state index < -0.39 is 0 Å².